The minimum Gasteiger partial charge on any atom is -0.497 e. The summed E-state index contributed by atoms with van der Waals surface area (Å²) in [5.41, 5.74) is 1.04. The molecule has 31 heavy (non-hydrogen) atoms. The fourth-order valence-corrected chi connectivity index (χ4v) is 3.52. The second-order valence-corrected chi connectivity index (χ2v) is 8.15. The smallest absolute Gasteiger partial charge is 0.240 e. The van der Waals surface area contributed by atoms with Gasteiger partial charge < -0.3 is 29.8 Å². The lowest BCUT2D eigenvalue weighted by Gasteiger charge is -2.13. The Morgan fingerprint density at radius 1 is 1.23 bits per heavy atom. The summed E-state index contributed by atoms with van der Waals surface area (Å²) in [5.74, 6) is 1.26. The fraction of sp³-hybridized carbons (Fsp3) is 0.476. The van der Waals surface area contributed by atoms with Crippen LogP contribution in [0, 0.1) is 5.92 Å². The van der Waals surface area contributed by atoms with Crippen molar-refractivity contribution in [3.05, 3.63) is 30.1 Å². The Kier molecular flexibility index (Phi) is 9.67. The van der Waals surface area contributed by atoms with Crippen LogP contribution in [0.1, 0.15) is 26.0 Å². The third-order valence-corrected chi connectivity index (χ3v) is 5.41. The Labute approximate surface area is 186 Å². The minimum absolute atomic E-state index is 0.0320. The van der Waals surface area contributed by atoms with Gasteiger partial charge in [-0.25, -0.2) is 4.98 Å². The first kappa shape index (κ1) is 24.5. The number of amides is 2. The molecule has 0 aliphatic rings. The van der Waals surface area contributed by atoms with E-state index in [1.165, 1.54) is 25.1 Å². The van der Waals surface area contributed by atoms with Gasteiger partial charge in [-0.1, -0.05) is 25.6 Å². The van der Waals surface area contributed by atoms with E-state index in [-0.39, 0.29) is 30.7 Å². The number of aromatic nitrogens is 2. The normalized spacial score (nSPS) is 10.8. The zero-order chi connectivity index (χ0) is 22.8. The number of ether oxygens (including phenoxy) is 2. The van der Waals surface area contributed by atoms with Crippen LogP contribution in [0.4, 0.5) is 5.69 Å². The van der Waals surface area contributed by atoms with Gasteiger partial charge in [0.1, 0.15) is 18.0 Å². The van der Waals surface area contributed by atoms with Crippen LogP contribution in [-0.2, 0) is 22.7 Å². The van der Waals surface area contributed by atoms with Crippen LogP contribution in [-0.4, -0.2) is 53.0 Å². The molecule has 0 aliphatic carbocycles. The van der Waals surface area contributed by atoms with Crippen LogP contribution in [0.15, 0.2) is 29.6 Å². The van der Waals surface area contributed by atoms with Gasteiger partial charge in [0.05, 0.1) is 44.2 Å². The molecule has 3 N–H and O–H groups in total. The number of nitrogens with one attached hydrogen (secondary N) is 2. The number of aliphatic hydroxyl groups is 1. The molecule has 1 heterocycles. The van der Waals surface area contributed by atoms with Crippen molar-refractivity contribution in [3.8, 4) is 11.5 Å². The number of hydrogen-bond donors (Lipinski definition) is 3. The average molecular weight is 451 g/mol. The number of thioether (sulfide) groups is 1. The van der Waals surface area contributed by atoms with Crippen molar-refractivity contribution in [2.45, 2.75) is 38.6 Å². The van der Waals surface area contributed by atoms with Crippen molar-refractivity contribution in [2.24, 2.45) is 5.92 Å². The van der Waals surface area contributed by atoms with Gasteiger partial charge in [0.15, 0.2) is 5.16 Å². The average Bonchev–Trinajstić information content (AvgIpc) is 3.13. The van der Waals surface area contributed by atoms with Gasteiger partial charge in [0.2, 0.25) is 11.8 Å². The molecular weight excluding hydrogens is 420 g/mol. The SMILES string of the molecule is COc1ccc(NC(=O)CSc2ncc(CO)n2CC(=O)NCCC(C)C)c(OC)c1. The first-order valence-electron chi connectivity index (χ1n) is 9.94. The monoisotopic (exact) mass is 450 g/mol. The number of methoxy groups -OCH3 is 2. The summed E-state index contributed by atoms with van der Waals surface area (Å²) >= 11 is 1.19. The number of imidazole rings is 1. The molecule has 2 rings (SSSR count). The number of rotatable bonds is 12. The van der Waals surface area contributed by atoms with Gasteiger partial charge in [-0.3, -0.25) is 9.59 Å². The largest absolute Gasteiger partial charge is 0.497 e. The van der Waals surface area contributed by atoms with Crippen molar-refractivity contribution in [3.63, 3.8) is 0 Å². The highest BCUT2D eigenvalue weighted by Crippen LogP contribution is 2.29. The molecule has 0 radical (unpaired) electrons. The second kappa shape index (κ2) is 12.2. The molecule has 0 spiro atoms. The van der Waals surface area contributed by atoms with E-state index in [2.05, 4.69) is 29.5 Å². The molecule has 9 nitrogen and oxygen atoms in total. The third-order valence-electron chi connectivity index (χ3n) is 4.42. The van der Waals surface area contributed by atoms with E-state index in [0.717, 1.165) is 6.42 Å². The molecule has 170 valence electrons. The lowest BCUT2D eigenvalue weighted by molar-refractivity contribution is -0.121. The molecular formula is C21H30N4O5S. The maximum absolute atomic E-state index is 12.4. The van der Waals surface area contributed by atoms with Crippen LogP contribution in [0.5, 0.6) is 11.5 Å². The first-order chi connectivity index (χ1) is 14.9. The van der Waals surface area contributed by atoms with Crippen molar-refractivity contribution >= 4 is 29.3 Å². The quantitative estimate of drug-likeness (QED) is 0.425. The van der Waals surface area contributed by atoms with Gasteiger partial charge in [0, 0.05) is 12.6 Å². The second-order valence-electron chi connectivity index (χ2n) is 7.21. The molecule has 2 aromatic rings. The highest BCUT2D eigenvalue weighted by atomic mass is 32.2. The Morgan fingerprint density at radius 3 is 2.65 bits per heavy atom. The molecule has 0 atom stereocenters. The molecule has 0 unspecified atom stereocenters. The summed E-state index contributed by atoms with van der Waals surface area (Å²) < 4.78 is 12.1. The highest BCUT2D eigenvalue weighted by molar-refractivity contribution is 7.99. The summed E-state index contributed by atoms with van der Waals surface area (Å²) in [6.45, 7) is 4.56. The van der Waals surface area contributed by atoms with Crippen LogP contribution < -0.4 is 20.1 Å². The number of aliphatic hydroxyl groups excluding tert-OH is 1. The summed E-state index contributed by atoms with van der Waals surface area (Å²) in [6.07, 6.45) is 2.40. The Hall–Kier alpha value is -2.72. The fourth-order valence-electron chi connectivity index (χ4n) is 2.72. The van der Waals surface area contributed by atoms with E-state index in [9.17, 15) is 14.7 Å². The molecule has 0 fully saturated rings. The molecule has 10 heteroatoms. The van der Waals surface area contributed by atoms with Crippen LogP contribution >= 0.6 is 11.8 Å². The standard InChI is InChI=1S/C21H30N4O5S/c1-14(2)7-8-22-19(27)11-25-15(12-26)10-23-21(25)31-13-20(28)24-17-6-5-16(29-3)9-18(17)30-4/h5-6,9-10,14,26H,7-8,11-13H2,1-4H3,(H,22,27)(H,24,28). The van der Waals surface area contributed by atoms with Crippen LogP contribution in [0.3, 0.4) is 0 Å². The van der Waals surface area contributed by atoms with E-state index in [1.54, 1.807) is 29.9 Å². The molecule has 0 aliphatic heterocycles. The maximum Gasteiger partial charge on any atom is 0.240 e. The number of anilines is 1. The van der Waals surface area contributed by atoms with E-state index >= 15 is 0 Å². The van der Waals surface area contributed by atoms with Gasteiger partial charge in [0.25, 0.3) is 0 Å². The Balaban J connectivity index is 1.98. The first-order valence-corrected chi connectivity index (χ1v) is 10.9. The summed E-state index contributed by atoms with van der Waals surface area (Å²) in [5, 5.41) is 15.7. The van der Waals surface area contributed by atoms with Gasteiger partial charge >= 0.3 is 0 Å². The molecule has 0 bridgehead atoms. The van der Waals surface area contributed by atoms with Crippen molar-refractivity contribution in [1.29, 1.82) is 0 Å². The number of benzene rings is 1. The lowest BCUT2D eigenvalue weighted by atomic mass is 10.1. The lowest BCUT2D eigenvalue weighted by Crippen LogP contribution is -2.30. The van der Waals surface area contributed by atoms with Gasteiger partial charge in [-0.2, -0.15) is 0 Å². The molecule has 2 amide bonds. The number of carbonyl (C=O) groups excluding carboxylic acids is 2. The predicted octanol–water partition coefficient (Wildman–Crippen LogP) is 2.29. The number of nitrogens with zero attached hydrogens (tertiary/aromatic N) is 2. The van der Waals surface area contributed by atoms with Gasteiger partial charge in [-0.15, -0.1) is 0 Å². The zero-order valence-electron chi connectivity index (χ0n) is 18.3. The summed E-state index contributed by atoms with van der Waals surface area (Å²) in [4.78, 5) is 28.9. The van der Waals surface area contributed by atoms with E-state index < -0.39 is 0 Å². The summed E-state index contributed by atoms with van der Waals surface area (Å²) in [6, 6.07) is 5.11. The maximum atomic E-state index is 12.4. The van der Waals surface area contributed by atoms with Gasteiger partial charge in [-0.05, 0) is 24.5 Å². The van der Waals surface area contributed by atoms with Crippen LogP contribution in [0.2, 0.25) is 0 Å². The van der Waals surface area contributed by atoms with E-state index in [4.69, 9.17) is 9.47 Å². The highest BCUT2D eigenvalue weighted by Gasteiger charge is 2.16. The molecule has 0 saturated heterocycles. The van der Waals surface area contributed by atoms with Crippen molar-refractivity contribution < 1.29 is 24.2 Å². The number of hydrogen-bond acceptors (Lipinski definition) is 7. The zero-order valence-corrected chi connectivity index (χ0v) is 19.1. The predicted molar refractivity (Wildman–Crippen MR) is 120 cm³/mol. The van der Waals surface area contributed by atoms with Crippen molar-refractivity contribution in [1.82, 2.24) is 14.9 Å². The molecule has 1 aromatic carbocycles. The molecule has 1 aromatic heterocycles. The van der Waals surface area contributed by atoms with Crippen molar-refractivity contribution in [2.75, 3.05) is 31.8 Å². The van der Waals surface area contributed by atoms with E-state index in [1.807, 2.05) is 0 Å². The third kappa shape index (κ3) is 7.48. The number of carbonyl (C=O) groups is 2. The molecule has 0 saturated carbocycles. The minimum atomic E-state index is -0.255. The van der Waals surface area contributed by atoms with Crippen LogP contribution in [0.25, 0.3) is 0 Å². The topological polar surface area (TPSA) is 115 Å². The Morgan fingerprint density at radius 2 is 2.00 bits per heavy atom. The van der Waals surface area contributed by atoms with E-state index in [0.29, 0.717) is 40.5 Å². The summed E-state index contributed by atoms with van der Waals surface area (Å²) in [7, 11) is 3.07. The Bertz CT molecular complexity index is 885.